The Morgan fingerprint density at radius 3 is 1.16 bits per heavy atom. The van der Waals surface area contributed by atoms with E-state index in [2.05, 4.69) is 0 Å². The van der Waals surface area contributed by atoms with Crippen molar-refractivity contribution < 1.29 is 140 Å². The molecule has 0 amide bonds. The van der Waals surface area contributed by atoms with Gasteiger partial charge in [-0.3, -0.25) is 0 Å². The summed E-state index contributed by atoms with van der Waals surface area (Å²) in [5.41, 5.74) is -0.380. The number of rotatable bonds is 2. The van der Waals surface area contributed by atoms with Crippen molar-refractivity contribution in [1.82, 2.24) is 0 Å². The molecule has 9 heteroatoms. The molecule has 0 aromatic heterocycles. The van der Waals surface area contributed by atoms with E-state index in [1.54, 1.807) is 0 Å². The second kappa shape index (κ2) is 15.1. The van der Waals surface area contributed by atoms with Crippen LogP contribution < -0.4 is 103 Å². The Labute approximate surface area is 197 Å². The third-order valence-electron chi connectivity index (χ3n) is 1.39. The molecule has 19 heavy (non-hydrogen) atoms. The summed E-state index contributed by atoms with van der Waals surface area (Å²) in [7, 11) is 0. The van der Waals surface area contributed by atoms with Gasteiger partial charge in [-0.1, -0.05) is 19.6 Å². The van der Waals surface area contributed by atoms with E-state index in [1.807, 2.05) is 0 Å². The van der Waals surface area contributed by atoms with Crippen LogP contribution in [-0.4, -0.2) is 38.5 Å². The van der Waals surface area contributed by atoms with Crippen LogP contribution in [0.5, 0.6) is 0 Å². The van der Waals surface area contributed by atoms with Crippen LogP contribution in [0.2, 0.25) is 0 Å². The molecule has 0 fully saturated rings. The first-order valence-corrected chi connectivity index (χ1v) is 3.83. The van der Waals surface area contributed by atoms with E-state index >= 15 is 0 Å². The fourth-order valence-corrected chi connectivity index (χ4v) is 0.856. The van der Waals surface area contributed by atoms with Gasteiger partial charge in [-0.2, -0.15) is 0 Å². The Morgan fingerprint density at radius 1 is 0.789 bits per heavy atom. The molecule has 4 N–H and O–H groups in total. The van der Waals surface area contributed by atoms with Gasteiger partial charge >= 0.3 is 121 Å². The first-order valence-electron chi connectivity index (χ1n) is 3.83. The van der Waals surface area contributed by atoms with Crippen LogP contribution in [0.25, 0.3) is 0 Å². The zero-order valence-electron chi connectivity index (χ0n) is 11.8. The van der Waals surface area contributed by atoms with E-state index in [9.17, 15) is 9.59 Å². The standard InChI is InChI=1S/C8H6O4.CH2O3.CH4.2K.2H/c9-7(10)5-3-1-2-4-6(5)8(11)12;2-1(3)4;;;;;/h1-4H,(H,9,10)(H,11,12);(H2,2,3,4);1H4;;;;/q;;;2*+1;2*-1. The minimum absolute atomic E-state index is 0. The fraction of sp³-hybridized carbons (Fsp3) is 0.100. The Hall–Kier alpha value is 0.703. The van der Waals surface area contributed by atoms with Crippen molar-refractivity contribution in [1.29, 1.82) is 0 Å². The van der Waals surface area contributed by atoms with Crippen LogP contribution in [0.1, 0.15) is 31.0 Å². The molecule has 1 aromatic carbocycles. The topological polar surface area (TPSA) is 132 Å². The summed E-state index contributed by atoms with van der Waals surface area (Å²) in [6.07, 6.45) is -1.83. The number of carboxylic acids is 2. The van der Waals surface area contributed by atoms with E-state index in [4.69, 9.17) is 25.2 Å². The maximum atomic E-state index is 10.5. The first-order chi connectivity index (χ1) is 7.36. The van der Waals surface area contributed by atoms with Gasteiger partial charge in [0.15, 0.2) is 0 Å². The normalized spacial score (nSPS) is 7.16. The third kappa shape index (κ3) is 13.4. The Kier molecular flexibility index (Phi) is 22.2. The number of carboxylic acid groups (broad SMARTS) is 4. The third-order valence-corrected chi connectivity index (χ3v) is 1.39. The molecular formula is C10H14K2O7. The molecule has 0 bridgehead atoms. The largest absolute Gasteiger partial charge is 1.00 e. The summed E-state index contributed by atoms with van der Waals surface area (Å²) >= 11 is 0. The molecule has 0 heterocycles. The molecule has 0 radical (unpaired) electrons. The molecule has 0 aliphatic rings. The Morgan fingerprint density at radius 2 is 1.00 bits per heavy atom. The molecular weight excluding hydrogens is 310 g/mol. The summed E-state index contributed by atoms with van der Waals surface area (Å²) in [6.45, 7) is 0. The summed E-state index contributed by atoms with van der Waals surface area (Å²) in [4.78, 5) is 29.5. The molecule has 0 atom stereocenters. The van der Waals surface area contributed by atoms with E-state index < -0.39 is 18.1 Å². The average molecular weight is 324 g/mol. The van der Waals surface area contributed by atoms with Crippen LogP contribution in [0.4, 0.5) is 4.79 Å². The maximum Gasteiger partial charge on any atom is 1.00 e. The molecule has 0 saturated heterocycles. The monoisotopic (exact) mass is 324 g/mol. The van der Waals surface area contributed by atoms with Crippen LogP contribution in [-0.2, 0) is 0 Å². The van der Waals surface area contributed by atoms with E-state index in [0.717, 1.165) is 0 Å². The molecule has 0 aliphatic heterocycles. The van der Waals surface area contributed by atoms with Crippen molar-refractivity contribution >= 4 is 18.1 Å². The number of benzene rings is 1. The van der Waals surface area contributed by atoms with Gasteiger partial charge in [0, 0.05) is 0 Å². The fourth-order valence-electron chi connectivity index (χ4n) is 0.856. The summed E-state index contributed by atoms with van der Waals surface area (Å²) in [6, 6.07) is 5.48. The summed E-state index contributed by atoms with van der Waals surface area (Å²) in [5, 5.41) is 31.0. The summed E-state index contributed by atoms with van der Waals surface area (Å²) < 4.78 is 0. The first kappa shape index (κ1) is 28.0. The van der Waals surface area contributed by atoms with Crippen LogP contribution in [0, 0.1) is 0 Å². The van der Waals surface area contributed by atoms with Crippen molar-refractivity contribution in [2.75, 3.05) is 0 Å². The second-order valence-corrected chi connectivity index (χ2v) is 2.44. The maximum absolute atomic E-state index is 10.5. The SMILES string of the molecule is C.O=C(O)O.O=C(O)c1ccccc1C(=O)O.[H-].[H-].[K+].[K+]. The quantitative estimate of drug-likeness (QED) is 0.410. The molecule has 0 spiro atoms. The van der Waals surface area contributed by atoms with Gasteiger partial charge in [-0.25, -0.2) is 14.4 Å². The van der Waals surface area contributed by atoms with E-state index in [-0.39, 0.29) is 124 Å². The van der Waals surface area contributed by atoms with Gasteiger partial charge in [-0.05, 0) is 12.1 Å². The van der Waals surface area contributed by atoms with Crippen molar-refractivity contribution in [2.45, 2.75) is 7.43 Å². The molecule has 0 unspecified atom stereocenters. The Bertz CT molecular complexity index is 393. The van der Waals surface area contributed by atoms with E-state index in [1.165, 1.54) is 24.3 Å². The number of hydrogen-bond acceptors (Lipinski definition) is 3. The Balaban J connectivity index is -0.0000000566. The molecule has 0 saturated carbocycles. The molecule has 0 aliphatic carbocycles. The van der Waals surface area contributed by atoms with Crippen molar-refractivity contribution in [3.63, 3.8) is 0 Å². The second-order valence-electron chi connectivity index (χ2n) is 2.44. The van der Waals surface area contributed by atoms with E-state index in [0.29, 0.717) is 0 Å². The predicted octanol–water partition coefficient (Wildman–Crippen LogP) is -3.83. The average Bonchev–Trinajstić information content (AvgIpc) is 2.16. The molecule has 98 valence electrons. The molecule has 1 rings (SSSR count). The van der Waals surface area contributed by atoms with Crippen molar-refractivity contribution in [3.8, 4) is 0 Å². The molecule has 1 aromatic rings. The van der Waals surface area contributed by atoms with Crippen LogP contribution in [0.3, 0.4) is 0 Å². The minimum atomic E-state index is -1.83. The summed E-state index contributed by atoms with van der Waals surface area (Å²) in [5.74, 6) is -2.46. The van der Waals surface area contributed by atoms with Crippen LogP contribution >= 0.6 is 0 Å². The van der Waals surface area contributed by atoms with Crippen molar-refractivity contribution in [2.24, 2.45) is 0 Å². The zero-order chi connectivity index (χ0) is 12.7. The predicted molar refractivity (Wildman–Crippen MR) is 60.0 cm³/mol. The van der Waals surface area contributed by atoms with Crippen molar-refractivity contribution in [3.05, 3.63) is 35.4 Å². The smallest absolute Gasteiger partial charge is 1.00 e. The van der Waals surface area contributed by atoms with Gasteiger partial charge in [0.2, 0.25) is 0 Å². The minimum Gasteiger partial charge on any atom is -1.00 e. The number of carbonyl (C=O) groups is 3. The number of hydrogen-bond donors (Lipinski definition) is 4. The van der Waals surface area contributed by atoms with Gasteiger partial charge in [0.05, 0.1) is 11.1 Å². The van der Waals surface area contributed by atoms with Gasteiger partial charge in [0.25, 0.3) is 0 Å². The number of aromatic carboxylic acids is 2. The van der Waals surface area contributed by atoms with Gasteiger partial charge in [-0.15, -0.1) is 0 Å². The molecule has 7 nitrogen and oxygen atoms in total. The van der Waals surface area contributed by atoms with Gasteiger partial charge in [0.1, 0.15) is 0 Å². The van der Waals surface area contributed by atoms with Gasteiger partial charge < -0.3 is 23.3 Å². The zero-order valence-corrected chi connectivity index (χ0v) is 16.1. The van der Waals surface area contributed by atoms with Crippen LogP contribution in [0.15, 0.2) is 24.3 Å².